The Kier molecular flexibility index (Phi) is 5.25. The topological polar surface area (TPSA) is 101 Å². The van der Waals surface area contributed by atoms with Crippen molar-refractivity contribution in [3.05, 3.63) is 61.7 Å². The molecule has 0 atom stereocenters. The summed E-state index contributed by atoms with van der Waals surface area (Å²) < 4.78 is 0.655. The van der Waals surface area contributed by atoms with Crippen LogP contribution in [0, 0.1) is 13.8 Å². The van der Waals surface area contributed by atoms with Crippen molar-refractivity contribution in [1.82, 2.24) is 20.2 Å². The first kappa shape index (κ1) is 18.8. The molecule has 0 fully saturated rings. The largest absolute Gasteiger partial charge is 0.319 e. The van der Waals surface area contributed by atoms with E-state index in [0.29, 0.717) is 25.8 Å². The monoisotopic (exact) mass is 429 g/mol. The van der Waals surface area contributed by atoms with Crippen LogP contribution in [0.3, 0.4) is 0 Å². The molecule has 0 radical (unpaired) electrons. The Labute approximate surface area is 172 Å². The summed E-state index contributed by atoms with van der Waals surface area (Å²) in [4.78, 5) is 32.4. The number of hydrogen-bond donors (Lipinski definition) is 2. The van der Waals surface area contributed by atoms with Gasteiger partial charge in [-0.25, -0.2) is 4.98 Å². The van der Waals surface area contributed by atoms with Crippen LogP contribution < -0.4 is 10.9 Å². The van der Waals surface area contributed by atoms with E-state index < -0.39 is 0 Å². The van der Waals surface area contributed by atoms with E-state index in [9.17, 15) is 9.59 Å². The second-order valence-electron chi connectivity index (χ2n) is 6.06. The van der Waals surface area contributed by atoms with Gasteiger partial charge in [0, 0.05) is 5.75 Å². The molecular weight excluding hydrogens is 414 g/mol. The van der Waals surface area contributed by atoms with Crippen LogP contribution in [-0.4, -0.2) is 26.1 Å². The maximum absolute atomic E-state index is 12.3. The number of thioether (sulfide) groups is 1. The highest BCUT2D eigenvalue weighted by Gasteiger charge is 2.13. The third-order valence-corrected chi connectivity index (χ3v) is 6.93. The Hall–Kier alpha value is -2.56. The van der Waals surface area contributed by atoms with Gasteiger partial charge in [-0.15, -0.1) is 21.5 Å². The number of nitrogens with one attached hydrogen (secondary N) is 2. The number of thiophene rings is 1. The first-order valence-electron chi connectivity index (χ1n) is 8.31. The Morgan fingerprint density at radius 3 is 2.86 bits per heavy atom. The zero-order valence-corrected chi connectivity index (χ0v) is 17.4. The standard InChI is InChI=1S/C18H15N5O2S3/c1-9-6-11-12(7-10(9)2)20-15(24)13(19-11)8-27-18-23-22-17(28-18)21-16(25)14-4-3-5-26-14/h3-7H,8H2,1-2H3,(H,20,24)(H,21,22,25). The number of anilines is 1. The summed E-state index contributed by atoms with van der Waals surface area (Å²) in [5, 5.41) is 13.0. The van der Waals surface area contributed by atoms with Crippen molar-refractivity contribution >= 4 is 56.5 Å². The lowest BCUT2D eigenvalue weighted by molar-refractivity contribution is 0.103. The van der Waals surface area contributed by atoms with Gasteiger partial charge in [-0.1, -0.05) is 29.2 Å². The summed E-state index contributed by atoms with van der Waals surface area (Å²) in [6.07, 6.45) is 0. The molecule has 0 bridgehead atoms. The van der Waals surface area contributed by atoms with Crippen molar-refractivity contribution in [3.8, 4) is 0 Å². The zero-order chi connectivity index (χ0) is 19.7. The van der Waals surface area contributed by atoms with Crippen LogP contribution in [-0.2, 0) is 5.75 Å². The maximum Gasteiger partial charge on any atom is 0.271 e. The average Bonchev–Trinajstić information content (AvgIpc) is 3.33. The number of carbonyl (C=O) groups is 1. The minimum Gasteiger partial charge on any atom is -0.319 e. The van der Waals surface area contributed by atoms with E-state index in [2.05, 4.69) is 25.5 Å². The van der Waals surface area contributed by atoms with Crippen LogP contribution >= 0.6 is 34.4 Å². The van der Waals surface area contributed by atoms with Gasteiger partial charge < -0.3 is 4.98 Å². The molecular formula is C18H15N5O2S3. The molecule has 4 rings (SSSR count). The van der Waals surface area contributed by atoms with Crippen molar-refractivity contribution < 1.29 is 4.79 Å². The molecule has 142 valence electrons. The number of rotatable bonds is 5. The van der Waals surface area contributed by atoms with E-state index in [1.54, 1.807) is 6.07 Å². The fourth-order valence-corrected chi connectivity index (χ4v) is 4.79. The van der Waals surface area contributed by atoms with Gasteiger partial charge in [0.15, 0.2) is 4.34 Å². The van der Waals surface area contributed by atoms with Crippen molar-refractivity contribution in [2.45, 2.75) is 23.9 Å². The van der Waals surface area contributed by atoms with Crippen LogP contribution in [0.4, 0.5) is 5.13 Å². The number of benzene rings is 1. The summed E-state index contributed by atoms with van der Waals surface area (Å²) in [5.41, 5.74) is 3.95. The van der Waals surface area contributed by atoms with E-state index >= 15 is 0 Å². The lowest BCUT2D eigenvalue weighted by atomic mass is 10.1. The number of nitrogens with zero attached hydrogens (tertiary/aromatic N) is 3. The zero-order valence-electron chi connectivity index (χ0n) is 15.0. The summed E-state index contributed by atoms with van der Waals surface area (Å²) >= 11 is 3.99. The molecule has 0 aliphatic heterocycles. The molecule has 0 saturated carbocycles. The highest BCUT2D eigenvalue weighted by molar-refractivity contribution is 8.00. The quantitative estimate of drug-likeness (QED) is 0.367. The molecule has 4 aromatic rings. The third kappa shape index (κ3) is 3.98. The van der Waals surface area contributed by atoms with E-state index in [1.807, 2.05) is 37.4 Å². The van der Waals surface area contributed by atoms with Gasteiger partial charge in [-0.3, -0.25) is 14.9 Å². The minimum atomic E-state index is -0.209. The molecule has 0 aliphatic carbocycles. The van der Waals surface area contributed by atoms with Crippen LogP contribution in [0.2, 0.25) is 0 Å². The maximum atomic E-state index is 12.3. The Morgan fingerprint density at radius 2 is 2.07 bits per heavy atom. The predicted molar refractivity (Wildman–Crippen MR) is 114 cm³/mol. The third-order valence-electron chi connectivity index (χ3n) is 4.08. The molecule has 3 aromatic heterocycles. The number of H-pyrrole nitrogens is 1. The van der Waals surface area contributed by atoms with Crippen LogP contribution in [0.25, 0.3) is 11.0 Å². The number of fused-ring (bicyclic) bond motifs is 1. The average molecular weight is 430 g/mol. The first-order valence-corrected chi connectivity index (χ1v) is 11.0. The smallest absolute Gasteiger partial charge is 0.271 e. The number of aromatic nitrogens is 4. The second kappa shape index (κ2) is 7.82. The lowest BCUT2D eigenvalue weighted by Crippen LogP contribution is -2.14. The van der Waals surface area contributed by atoms with E-state index in [-0.39, 0.29) is 11.5 Å². The van der Waals surface area contributed by atoms with E-state index in [4.69, 9.17) is 0 Å². The number of aryl methyl sites for hydroxylation is 2. The van der Waals surface area contributed by atoms with Gasteiger partial charge in [0.25, 0.3) is 11.5 Å². The van der Waals surface area contributed by atoms with Crippen LogP contribution in [0.5, 0.6) is 0 Å². The van der Waals surface area contributed by atoms with Gasteiger partial charge in [0.1, 0.15) is 5.69 Å². The minimum absolute atomic E-state index is 0.207. The van der Waals surface area contributed by atoms with E-state index in [1.165, 1.54) is 34.4 Å². The fourth-order valence-electron chi connectivity index (χ4n) is 2.50. The highest BCUT2D eigenvalue weighted by atomic mass is 32.2. The molecule has 1 aromatic carbocycles. The summed E-state index contributed by atoms with van der Waals surface area (Å²) in [6, 6.07) is 7.47. The normalized spacial score (nSPS) is 11.1. The lowest BCUT2D eigenvalue weighted by Gasteiger charge is -2.05. The van der Waals surface area contributed by atoms with Crippen LogP contribution in [0.15, 0.2) is 38.8 Å². The molecule has 1 amide bonds. The Bertz CT molecular complexity index is 1210. The number of aromatic amines is 1. The molecule has 0 spiro atoms. The summed E-state index contributed by atoms with van der Waals surface area (Å²) in [7, 11) is 0. The summed E-state index contributed by atoms with van der Waals surface area (Å²) in [6.45, 7) is 4.02. The van der Waals surface area contributed by atoms with Crippen molar-refractivity contribution in [3.63, 3.8) is 0 Å². The molecule has 3 heterocycles. The first-order chi connectivity index (χ1) is 13.5. The molecule has 0 aliphatic rings. The molecule has 28 heavy (non-hydrogen) atoms. The van der Waals surface area contributed by atoms with Crippen molar-refractivity contribution in [2.24, 2.45) is 0 Å². The second-order valence-corrected chi connectivity index (χ2v) is 9.21. The van der Waals surface area contributed by atoms with Crippen molar-refractivity contribution in [2.75, 3.05) is 5.32 Å². The number of amides is 1. The molecule has 7 nitrogen and oxygen atoms in total. The van der Waals surface area contributed by atoms with Gasteiger partial charge in [0.2, 0.25) is 5.13 Å². The molecule has 0 saturated heterocycles. The molecule has 2 N–H and O–H groups in total. The van der Waals surface area contributed by atoms with Gasteiger partial charge in [-0.2, -0.15) is 0 Å². The fraction of sp³-hybridized carbons (Fsp3) is 0.167. The van der Waals surface area contributed by atoms with E-state index in [0.717, 1.165) is 22.2 Å². The van der Waals surface area contributed by atoms with Gasteiger partial charge >= 0.3 is 0 Å². The van der Waals surface area contributed by atoms with Crippen LogP contribution in [0.1, 0.15) is 26.5 Å². The van der Waals surface area contributed by atoms with Gasteiger partial charge in [-0.05, 0) is 48.6 Å². The Morgan fingerprint density at radius 1 is 1.25 bits per heavy atom. The predicted octanol–water partition coefficient (Wildman–Crippen LogP) is 4.00. The summed E-state index contributed by atoms with van der Waals surface area (Å²) in [5.74, 6) is 0.159. The molecule has 10 heteroatoms. The van der Waals surface area contributed by atoms with Crippen molar-refractivity contribution in [1.29, 1.82) is 0 Å². The number of hydrogen-bond acceptors (Lipinski definition) is 8. The molecule has 0 unspecified atom stereocenters. The van der Waals surface area contributed by atoms with Gasteiger partial charge in [0.05, 0.1) is 15.9 Å². The SMILES string of the molecule is Cc1cc2nc(CSc3nnc(NC(=O)c4cccs4)s3)c(=O)[nH]c2cc1C. The Balaban J connectivity index is 1.47. The highest BCUT2D eigenvalue weighted by Crippen LogP contribution is 2.28. The number of carbonyl (C=O) groups excluding carboxylic acids is 1.